The number of oxazole rings is 1. The number of nitrogens with two attached hydrogens (primary N) is 1. The highest BCUT2D eigenvalue weighted by molar-refractivity contribution is 6.07. The van der Waals surface area contributed by atoms with Gasteiger partial charge in [0.1, 0.15) is 6.20 Å². The summed E-state index contributed by atoms with van der Waals surface area (Å²) in [6.07, 6.45) is 5.10. The van der Waals surface area contributed by atoms with Crippen LogP contribution in [0, 0.1) is 0 Å². The number of rotatable bonds is 17. The van der Waals surface area contributed by atoms with Crippen molar-refractivity contribution in [2.75, 3.05) is 44.4 Å². The number of aliphatic hydroxyl groups is 1. The number of nitrogen functional groups attached to an aromatic ring is 1. The number of halogens is 3. The van der Waals surface area contributed by atoms with E-state index in [9.17, 15) is 27.9 Å². The maximum Gasteiger partial charge on any atom is 0.416 e. The Balaban J connectivity index is 0.884. The van der Waals surface area contributed by atoms with Crippen LogP contribution in [0.25, 0.3) is 0 Å². The molecule has 4 N–H and O–H groups in total. The standard InChI is InChI=1S/C47H51F3N6O4/c1-56(2,40-31-52-44(60-40)46(59,34-18-11-9-12-19-34)35-20-13-10-14-21-35)29-16-8-6-4-3-5-7-15-28-54-32-39-41(43(54)57)42(33-24-26-37(51)27-25-33)53-45(58)55(39)38-23-17-22-36(30-38)47(48,49)50/h9-14,17-27,30-31,42,59H,3-8,15-16,28-29,32,51H2,1-2H3/p+1/t42-/m1/s1. The van der Waals surface area contributed by atoms with Gasteiger partial charge in [0.2, 0.25) is 5.89 Å². The van der Waals surface area contributed by atoms with Gasteiger partial charge in [-0.3, -0.25) is 14.2 Å². The molecule has 0 bridgehead atoms. The van der Waals surface area contributed by atoms with E-state index in [4.69, 9.17) is 10.2 Å². The van der Waals surface area contributed by atoms with Gasteiger partial charge in [-0.2, -0.15) is 13.2 Å². The fourth-order valence-corrected chi connectivity index (χ4v) is 8.17. The predicted molar refractivity (Wildman–Crippen MR) is 227 cm³/mol. The zero-order valence-corrected chi connectivity index (χ0v) is 34.0. The molecule has 0 saturated heterocycles. The second kappa shape index (κ2) is 17.7. The summed E-state index contributed by atoms with van der Waals surface area (Å²) in [6.45, 7) is 1.43. The molecule has 314 valence electrons. The number of hydrogen-bond acceptors (Lipinski definition) is 6. The van der Waals surface area contributed by atoms with Gasteiger partial charge in [0.05, 0.1) is 55.7 Å². The number of carbonyl (C=O) groups excluding carboxylic acids is 2. The van der Waals surface area contributed by atoms with Crippen molar-refractivity contribution in [3.63, 3.8) is 0 Å². The Bertz CT molecular complexity index is 2250. The van der Waals surface area contributed by atoms with Gasteiger partial charge in [0.15, 0.2) is 5.60 Å². The Labute approximate surface area is 348 Å². The molecule has 1 atom stereocenters. The molecule has 2 aliphatic rings. The number of anilines is 2. The molecule has 3 heterocycles. The van der Waals surface area contributed by atoms with Crippen LogP contribution in [0.5, 0.6) is 0 Å². The summed E-state index contributed by atoms with van der Waals surface area (Å²) in [4.78, 5) is 35.0. The first-order valence-electron chi connectivity index (χ1n) is 20.6. The van der Waals surface area contributed by atoms with Crippen LogP contribution >= 0.6 is 0 Å². The number of alkyl halides is 3. The molecule has 0 saturated carbocycles. The third-order valence-electron chi connectivity index (χ3n) is 11.6. The lowest BCUT2D eigenvalue weighted by Crippen LogP contribution is -2.47. The third kappa shape index (κ3) is 8.97. The van der Waals surface area contributed by atoms with Crippen LogP contribution in [0.1, 0.15) is 85.6 Å². The lowest BCUT2D eigenvalue weighted by atomic mass is 9.86. The molecule has 3 amide bonds. The lowest BCUT2D eigenvalue weighted by Gasteiger charge is -2.34. The van der Waals surface area contributed by atoms with Crippen LogP contribution in [0.2, 0.25) is 0 Å². The van der Waals surface area contributed by atoms with Crippen LogP contribution in [-0.2, 0) is 16.6 Å². The highest BCUT2D eigenvalue weighted by atomic mass is 19.4. The normalized spacial score (nSPS) is 16.1. The number of aromatic nitrogens is 1. The molecule has 60 heavy (non-hydrogen) atoms. The van der Waals surface area contributed by atoms with Crippen LogP contribution in [0.4, 0.5) is 35.2 Å². The first-order valence-corrected chi connectivity index (χ1v) is 20.6. The molecule has 4 aromatic carbocycles. The van der Waals surface area contributed by atoms with E-state index < -0.39 is 29.4 Å². The molecule has 10 nitrogen and oxygen atoms in total. The van der Waals surface area contributed by atoms with Gasteiger partial charge in [0, 0.05) is 12.2 Å². The van der Waals surface area contributed by atoms with Crippen LogP contribution in [0.15, 0.2) is 131 Å². The molecule has 13 heteroatoms. The van der Waals surface area contributed by atoms with Crippen molar-refractivity contribution in [2.45, 2.75) is 69.2 Å². The number of benzene rings is 4. The molecular weight excluding hydrogens is 770 g/mol. The molecule has 7 rings (SSSR count). The van der Waals surface area contributed by atoms with Crippen LogP contribution in [0.3, 0.4) is 0 Å². The zero-order chi connectivity index (χ0) is 42.5. The van der Waals surface area contributed by atoms with E-state index in [1.165, 1.54) is 17.0 Å². The lowest BCUT2D eigenvalue weighted by molar-refractivity contribution is -0.137. The third-order valence-corrected chi connectivity index (χ3v) is 11.6. The van der Waals surface area contributed by atoms with Crippen molar-refractivity contribution >= 4 is 29.2 Å². The van der Waals surface area contributed by atoms with Crippen molar-refractivity contribution in [3.8, 4) is 0 Å². The number of hydrogen-bond donors (Lipinski definition) is 3. The maximum atomic E-state index is 14.0. The number of carbonyl (C=O) groups is 2. The monoisotopic (exact) mass is 821 g/mol. The van der Waals surface area contributed by atoms with Gasteiger partial charge in [-0.15, -0.1) is 0 Å². The highest BCUT2D eigenvalue weighted by Crippen LogP contribution is 2.41. The molecule has 0 radical (unpaired) electrons. The average Bonchev–Trinajstić information content (AvgIpc) is 3.88. The summed E-state index contributed by atoms with van der Waals surface area (Å²) in [5, 5.41) is 14.9. The quantitative estimate of drug-likeness (QED) is 0.0488. The van der Waals surface area contributed by atoms with E-state index in [-0.39, 0.29) is 24.0 Å². The van der Waals surface area contributed by atoms with E-state index in [1.807, 2.05) is 60.7 Å². The SMILES string of the molecule is C[N+](C)(CCCCCCCCCCN1CC2=C(C1=O)[C@@H](c1ccc(N)cc1)NC(=O)N2c1cccc(C(F)(F)F)c1)c1cnc(C(O)(c2ccccc2)c2ccccc2)o1. The zero-order valence-electron chi connectivity index (χ0n) is 34.0. The van der Waals surface area contributed by atoms with Crippen molar-refractivity contribution in [3.05, 3.63) is 155 Å². The van der Waals surface area contributed by atoms with Gasteiger partial charge in [-0.25, -0.2) is 9.78 Å². The Hall–Kier alpha value is -5.92. The first kappa shape index (κ1) is 42.2. The van der Waals surface area contributed by atoms with Crippen molar-refractivity contribution in [1.29, 1.82) is 0 Å². The summed E-state index contributed by atoms with van der Waals surface area (Å²) in [5.74, 6) is 0.669. The van der Waals surface area contributed by atoms with E-state index in [2.05, 4.69) is 24.4 Å². The minimum Gasteiger partial charge on any atom is -0.399 e. The maximum absolute atomic E-state index is 14.0. The summed E-state index contributed by atoms with van der Waals surface area (Å²) in [5.41, 5.74) is 6.82. The van der Waals surface area contributed by atoms with Gasteiger partial charge in [-0.1, -0.05) is 111 Å². The number of quaternary nitrogens is 1. The summed E-state index contributed by atoms with van der Waals surface area (Å²) in [7, 11) is 4.17. The molecule has 0 fully saturated rings. The van der Waals surface area contributed by atoms with Crippen LogP contribution < -0.4 is 20.4 Å². The van der Waals surface area contributed by atoms with E-state index in [0.29, 0.717) is 50.6 Å². The smallest absolute Gasteiger partial charge is 0.399 e. The Morgan fingerprint density at radius 2 is 1.38 bits per heavy atom. The van der Waals surface area contributed by atoms with Crippen molar-refractivity contribution in [2.24, 2.45) is 0 Å². The van der Waals surface area contributed by atoms with Gasteiger partial charge in [-0.05, 0) is 66.3 Å². The molecule has 1 aromatic heterocycles. The fourth-order valence-electron chi connectivity index (χ4n) is 8.17. The molecule has 0 aliphatic carbocycles. The number of nitrogens with zero attached hydrogens (tertiary/aromatic N) is 4. The molecular formula is C47H52F3N6O4+. The first-order chi connectivity index (χ1) is 28.8. The van der Waals surface area contributed by atoms with Crippen LogP contribution in [-0.4, -0.2) is 60.7 Å². The minimum atomic E-state index is -4.59. The number of amides is 3. The summed E-state index contributed by atoms with van der Waals surface area (Å²) < 4.78 is 47.8. The van der Waals surface area contributed by atoms with E-state index in [0.717, 1.165) is 70.0 Å². The molecule has 0 unspecified atom stereocenters. The Kier molecular flexibility index (Phi) is 12.5. The summed E-state index contributed by atoms with van der Waals surface area (Å²) in [6, 6.07) is 29.0. The van der Waals surface area contributed by atoms with E-state index in [1.54, 1.807) is 35.4 Å². The minimum absolute atomic E-state index is 0.0466. The second-order valence-electron chi connectivity index (χ2n) is 16.2. The fraction of sp³-hybridized carbons (Fsp3) is 0.340. The van der Waals surface area contributed by atoms with Crippen molar-refractivity contribution in [1.82, 2.24) is 19.7 Å². The Morgan fingerprint density at radius 1 is 0.800 bits per heavy atom. The number of nitrogens with one attached hydrogen (secondary N) is 1. The Morgan fingerprint density at radius 3 is 2.00 bits per heavy atom. The topological polar surface area (TPSA) is 125 Å². The second-order valence-corrected chi connectivity index (χ2v) is 16.2. The average molecular weight is 822 g/mol. The van der Waals surface area contributed by atoms with Gasteiger partial charge >= 0.3 is 18.1 Å². The molecule has 5 aromatic rings. The molecule has 0 spiro atoms. The van der Waals surface area contributed by atoms with Gasteiger partial charge < -0.3 is 25.5 Å². The largest absolute Gasteiger partial charge is 0.416 e. The highest BCUT2D eigenvalue weighted by Gasteiger charge is 2.45. The number of unbranched alkanes of at least 4 members (excludes halogenated alkanes) is 7. The molecule has 2 aliphatic heterocycles. The summed E-state index contributed by atoms with van der Waals surface area (Å²) >= 11 is 0. The van der Waals surface area contributed by atoms with Gasteiger partial charge in [0.25, 0.3) is 5.91 Å². The van der Waals surface area contributed by atoms with E-state index >= 15 is 0 Å². The number of urea groups is 1. The predicted octanol–water partition coefficient (Wildman–Crippen LogP) is 9.31. The van der Waals surface area contributed by atoms with Crippen molar-refractivity contribution < 1.29 is 32.3 Å².